The third kappa shape index (κ3) is 4.54. The lowest BCUT2D eigenvalue weighted by Gasteiger charge is -2.20. The van der Waals surface area contributed by atoms with E-state index in [-0.39, 0.29) is 11.7 Å². The summed E-state index contributed by atoms with van der Waals surface area (Å²) in [6.45, 7) is 16.9. The zero-order valence-electron chi connectivity index (χ0n) is 19.2. The van der Waals surface area contributed by atoms with E-state index in [1.807, 2.05) is 19.9 Å². The van der Waals surface area contributed by atoms with Gasteiger partial charge in [-0.3, -0.25) is 4.79 Å². The molecular weight excluding hydrogens is 370 g/mol. The van der Waals surface area contributed by atoms with E-state index < -0.39 is 0 Å². The second-order valence-electron chi connectivity index (χ2n) is 9.25. The Morgan fingerprint density at radius 1 is 1.27 bits per heavy atom. The third-order valence-corrected chi connectivity index (χ3v) is 6.50. The van der Waals surface area contributed by atoms with Crippen LogP contribution in [0.2, 0.25) is 0 Å². The van der Waals surface area contributed by atoms with Gasteiger partial charge >= 0.3 is 0 Å². The number of carbonyl (C=O) groups excluding carboxylic acids is 1. The summed E-state index contributed by atoms with van der Waals surface area (Å²) in [6, 6.07) is 7.08. The topological polar surface area (TPSA) is 62.1 Å². The molecule has 4 nitrogen and oxygen atoms in total. The van der Waals surface area contributed by atoms with Crippen molar-refractivity contribution in [3.05, 3.63) is 58.9 Å². The molecule has 3 rings (SSSR count). The first-order chi connectivity index (χ1) is 14.2. The fourth-order valence-corrected chi connectivity index (χ4v) is 4.52. The lowest BCUT2D eigenvalue weighted by Crippen LogP contribution is -2.28. The molecule has 0 spiro atoms. The second kappa shape index (κ2) is 9.22. The van der Waals surface area contributed by atoms with E-state index in [0.717, 1.165) is 23.7 Å². The number of aromatic amines is 1. The lowest BCUT2D eigenvalue weighted by atomic mass is 9.93. The number of H-pyrrole nitrogens is 1. The maximum Gasteiger partial charge on any atom is 0.210 e. The highest BCUT2D eigenvalue weighted by molar-refractivity contribution is 6.12. The minimum atomic E-state index is -0.0876. The summed E-state index contributed by atoms with van der Waals surface area (Å²) >= 11 is 0. The van der Waals surface area contributed by atoms with E-state index in [4.69, 9.17) is 5.73 Å². The maximum absolute atomic E-state index is 13.1. The minimum absolute atomic E-state index is 0.0876. The van der Waals surface area contributed by atoms with Crippen molar-refractivity contribution in [3.63, 3.8) is 0 Å². The van der Waals surface area contributed by atoms with Gasteiger partial charge in [-0.2, -0.15) is 0 Å². The minimum Gasteiger partial charge on any atom is -0.401 e. The summed E-state index contributed by atoms with van der Waals surface area (Å²) in [5.74, 6) is 0.716. The van der Waals surface area contributed by atoms with Crippen LogP contribution in [0.1, 0.15) is 62.7 Å². The second-order valence-corrected chi connectivity index (χ2v) is 9.25. The van der Waals surface area contributed by atoms with E-state index >= 15 is 0 Å². The number of rotatable bonds is 8. The van der Waals surface area contributed by atoms with Gasteiger partial charge in [0.25, 0.3) is 0 Å². The number of nitrogens with two attached hydrogens (primary N) is 1. The molecule has 4 heteroatoms. The van der Waals surface area contributed by atoms with Crippen molar-refractivity contribution in [2.45, 2.75) is 59.9 Å². The Labute approximate surface area is 181 Å². The molecular formula is C26H37N3O. The summed E-state index contributed by atoms with van der Waals surface area (Å²) in [4.78, 5) is 19.0. The van der Waals surface area contributed by atoms with Crippen LogP contribution < -0.4 is 5.73 Å². The molecule has 0 saturated carbocycles. The van der Waals surface area contributed by atoms with Crippen molar-refractivity contribution < 1.29 is 4.79 Å². The van der Waals surface area contributed by atoms with E-state index in [2.05, 4.69) is 49.4 Å². The number of benzene rings is 1. The molecule has 1 aliphatic heterocycles. The van der Waals surface area contributed by atoms with Crippen molar-refractivity contribution in [1.82, 2.24) is 9.88 Å². The molecule has 1 fully saturated rings. The van der Waals surface area contributed by atoms with Crippen molar-refractivity contribution in [1.29, 1.82) is 0 Å². The molecule has 2 heterocycles. The van der Waals surface area contributed by atoms with Gasteiger partial charge < -0.3 is 15.6 Å². The van der Waals surface area contributed by atoms with Crippen LogP contribution in [-0.2, 0) is 12.8 Å². The first-order valence-electron chi connectivity index (χ1n) is 11.3. The highest BCUT2D eigenvalue weighted by atomic mass is 16.1. The first-order valence-corrected chi connectivity index (χ1v) is 11.3. The smallest absolute Gasteiger partial charge is 0.210 e. The van der Waals surface area contributed by atoms with E-state index in [9.17, 15) is 4.79 Å². The number of hydrogen-bond acceptors (Lipinski definition) is 3. The predicted molar refractivity (Wildman–Crippen MR) is 127 cm³/mol. The highest BCUT2D eigenvalue weighted by Crippen LogP contribution is 2.28. The van der Waals surface area contributed by atoms with Crippen LogP contribution in [0.15, 0.2) is 42.1 Å². The van der Waals surface area contributed by atoms with E-state index in [0.29, 0.717) is 28.9 Å². The number of nitrogens with one attached hydrogen (secondary N) is 1. The molecule has 1 aromatic carbocycles. The van der Waals surface area contributed by atoms with Gasteiger partial charge in [-0.25, -0.2) is 0 Å². The summed E-state index contributed by atoms with van der Waals surface area (Å²) in [5.41, 5.74) is 11.6. The molecule has 1 unspecified atom stereocenters. The number of carbonyl (C=O) groups is 1. The largest absolute Gasteiger partial charge is 0.401 e. The third-order valence-electron chi connectivity index (χ3n) is 6.50. The quantitative estimate of drug-likeness (QED) is 0.357. The normalized spacial score (nSPS) is 18.4. The zero-order valence-corrected chi connectivity index (χ0v) is 19.2. The van der Waals surface area contributed by atoms with Gasteiger partial charge in [0.05, 0.1) is 5.69 Å². The van der Waals surface area contributed by atoms with Gasteiger partial charge in [-0.05, 0) is 80.8 Å². The van der Waals surface area contributed by atoms with Crippen molar-refractivity contribution in [3.8, 4) is 0 Å². The number of hydrogen-bond donors (Lipinski definition) is 2. The van der Waals surface area contributed by atoms with Gasteiger partial charge in [0, 0.05) is 34.8 Å². The fraction of sp³-hybridized carbons (Fsp3) is 0.500. The summed E-state index contributed by atoms with van der Waals surface area (Å²) in [5, 5.41) is 1.09. The van der Waals surface area contributed by atoms with E-state index in [1.165, 1.54) is 30.6 Å². The van der Waals surface area contributed by atoms with Crippen LogP contribution in [0.25, 0.3) is 10.9 Å². The van der Waals surface area contributed by atoms with Gasteiger partial charge in [-0.1, -0.05) is 33.4 Å². The number of aromatic nitrogens is 1. The molecule has 1 saturated heterocycles. The van der Waals surface area contributed by atoms with E-state index in [1.54, 1.807) is 6.08 Å². The zero-order chi connectivity index (χ0) is 22.0. The van der Waals surface area contributed by atoms with Crippen molar-refractivity contribution >= 4 is 16.7 Å². The standard InChI is InChI=1S/C26H37N3O/c1-7-19-13-23-21(12-20(19)11-18-9-10-29(15-18)17(5)6)14-24(28-23)26(30)22(8-2)25(27)16(3)4/h8,12-14,16-18,28H,2,7,9-11,15,27H2,1,3-6H3/b25-22-. The molecule has 0 bridgehead atoms. The van der Waals surface area contributed by atoms with Crippen LogP contribution in [0, 0.1) is 11.8 Å². The summed E-state index contributed by atoms with van der Waals surface area (Å²) in [7, 11) is 0. The Balaban J connectivity index is 1.91. The number of aryl methyl sites for hydroxylation is 1. The number of Topliss-reactive ketones (excluding diaryl/α,β-unsaturated/α-hetero) is 1. The van der Waals surface area contributed by atoms with Gasteiger partial charge in [0.1, 0.15) is 0 Å². The molecule has 1 atom stereocenters. The number of fused-ring (bicyclic) bond motifs is 1. The molecule has 0 aliphatic carbocycles. The number of likely N-dealkylation sites (tertiary alicyclic amines) is 1. The van der Waals surface area contributed by atoms with Crippen LogP contribution in [0.3, 0.4) is 0 Å². The first kappa shape index (κ1) is 22.4. The molecule has 0 amide bonds. The fourth-order valence-electron chi connectivity index (χ4n) is 4.52. The number of allylic oxidation sites excluding steroid dienone is 3. The molecule has 1 aromatic heterocycles. The maximum atomic E-state index is 13.1. The number of ketones is 1. The van der Waals surface area contributed by atoms with Gasteiger partial charge in [0.2, 0.25) is 5.78 Å². The average Bonchev–Trinajstić information content (AvgIpc) is 3.34. The molecule has 30 heavy (non-hydrogen) atoms. The molecule has 1 aliphatic rings. The number of nitrogens with zero attached hydrogens (tertiary/aromatic N) is 1. The Kier molecular flexibility index (Phi) is 6.87. The Morgan fingerprint density at radius 2 is 2.00 bits per heavy atom. The monoisotopic (exact) mass is 407 g/mol. The van der Waals surface area contributed by atoms with Crippen molar-refractivity contribution in [2.24, 2.45) is 17.6 Å². The summed E-state index contributed by atoms with van der Waals surface area (Å²) < 4.78 is 0. The Hall–Kier alpha value is -2.33. The molecule has 2 aromatic rings. The highest BCUT2D eigenvalue weighted by Gasteiger charge is 2.25. The van der Waals surface area contributed by atoms with Crippen LogP contribution in [0.4, 0.5) is 0 Å². The SMILES string of the molecule is C=C/C(C(=O)c1cc2cc(CC3CCN(C(C)C)C3)c(CC)cc2[nH]1)=C(/N)C(C)C. The predicted octanol–water partition coefficient (Wildman–Crippen LogP) is 5.24. The van der Waals surface area contributed by atoms with Crippen LogP contribution in [0.5, 0.6) is 0 Å². The average molecular weight is 408 g/mol. The van der Waals surface area contributed by atoms with Crippen LogP contribution in [-0.4, -0.2) is 34.8 Å². The van der Waals surface area contributed by atoms with Crippen molar-refractivity contribution in [2.75, 3.05) is 13.1 Å². The lowest BCUT2D eigenvalue weighted by molar-refractivity contribution is 0.103. The molecule has 3 N–H and O–H groups in total. The molecule has 0 radical (unpaired) electrons. The van der Waals surface area contributed by atoms with Gasteiger partial charge in [0.15, 0.2) is 0 Å². The Morgan fingerprint density at radius 3 is 2.57 bits per heavy atom. The summed E-state index contributed by atoms with van der Waals surface area (Å²) in [6.07, 6.45) is 4.94. The van der Waals surface area contributed by atoms with Gasteiger partial charge in [-0.15, -0.1) is 0 Å². The molecule has 162 valence electrons. The van der Waals surface area contributed by atoms with Crippen LogP contribution >= 0.6 is 0 Å². The Bertz CT molecular complexity index is 964.